The molecule has 0 saturated carbocycles. The molecule has 152 valence electrons. The fraction of sp³-hybridized carbons (Fsp3) is 0.250. The van der Waals surface area contributed by atoms with Crippen LogP contribution in [0.2, 0.25) is 0 Å². The van der Waals surface area contributed by atoms with Crippen molar-refractivity contribution < 1.29 is 14.0 Å². The fourth-order valence-electron chi connectivity index (χ4n) is 4.30. The number of thioether (sulfide) groups is 1. The highest BCUT2D eigenvalue weighted by atomic mass is 32.2. The molecule has 1 spiro atoms. The van der Waals surface area contributed by atoms with Crippen molar-refractivity contribution in [3.63, 3.8) is 0 Å². The van der Waals surface area contributed by atoms with Crippen molar-refractivity contribution in [1.82, 2.24) is 4.90 Å². The normalized spacial score (nSPS) is 20.3. The lowest BCUT2D eigenvalue weighted by atomic mass is 10.0. The summed E-state index contributed by atoms with van der Waals surface area (Å²) in [5.74, 6) is 0.647. The van der Waals surface area contributed by atoms with Crippen molar-refractivity contribution in [1.29, 1.82) is 0 Å². The first-order chi connectivity index (χ1) is 14.5. The molecule has 2 aliphatic heterocycles. The minimum absolute atomic E-state index is 0.0638. The predicted molar refractivity (Wildman–Crippen MR) is 117 cm³/mol. The van der Waals surface area contributed by atoms with Crippen molar-refractivity contribution in [2.75, 3.05) is 17.2 Å². The molecular weight excluding hydrogens is 396 g/mol. The SMILES string of the molecule is Cc1ccc(CN2C(=O)[C@]3(SCCN3C(=O)c3ccco3)c3cc(C)ccc32)cc1. The van der Waals surface area contributed by atoms with Gasteiger partial charge in [0.1, 0.15) is 0 Å². The van der Waals surface area contributed by atoms with Gasteiger partial charge in [0.2, 0.25) is 0 Å². The van der Waals surface area contributed by atoms with Crippen molar-refractivity contribution in [2.45, 2.75) is 25.3 Å². The Balaban J connectivity index is 1.60. The largest absolute Gasteiger partial charge is 0.459 e. The first kappa shape index (κ1) is 19.0. The van der Waals surface area contributed by atoms with Gasteiger partial charge in [0.05, 0.1) is 18.5 Å². The Labute approximate surface area is 179 Å². The van der Waals surface area contributed by atoms with E-state index in [0.29, 0.717) is 18.8 Å². The summed E-state index contributed by atoms with van der Waals surface area (Å²) in [6.07, 6.45) is 1.49. The van der Waals surface area contributed by atoms with Gasteiger partial charge in [-0.05, 0) is 37.6 Å². The molecule has 0 bridgehead atoms. The van der Waals surface area contributed by atoms with Gasteiger partial charge in [0.25, 0.3) is 11.8 Å². The lowest BCUT2D eigenvalue weighted by molar-refractivity contribution is -0.123. The molecule has 2 amide bonds. The second-order valence-electron chi connectivity index (χ2n) is 7.82. The van der Waals surface area contributed by atoms with Gasteiger partial charge in [-0.15, -0.1) is 11.8 Å². The van der Waals surface area contributed by atoms with Crippen LogP contribution in [0.4, 0.5) is 5.69 Å². The van der Waals surface area contributed by atoms with Crippen molar-refractivity contribution in [3.05, 3.63) is 88.9 Å². The molecule has 0 aliphatic carbocycles. The molecule has 0 N–H and O–H groups in total. The summed E-state index contributed by atoms with van der Waals surface area (Å²) in [5.41, 5.74) is 5.07. The van der Waals surface area contributed by atoms with E-state index in [4.69, 9.17) is 4.42 Å². The van der Waals surface area contributed by atoms with E-state index < -0.39 is 4.87 Å². The highest BCUT2D eigenvalue weighted by molar-refractivity contribution is 8.01. The van der Waals surface area contributed by atoms with Crippen molar-refractivity contribution in [2.24, 2.45) is 0 Å². The second-order valence-corrected chi connectivity index (χ2v) is 9.11. The topological polar surface area (TPSA) is 53.8 Å². The number of fused-ring (bicyclic) bond motifs is 2. The minimum Gasteiger partial charge on any atom is -0.459 e. The molecule has 5 nitrogen and oxygen atoms in total. The van der Waals surface area contributed by atoms with Crippen molar-refractivity contribution in [3.8, 4) is 0 Å². The van der Waals surface area contributed by atoms with Crippen LogP contribution in [0.3, 0.4) is 0 Å². The molecule has 1 saturated heterocycles. The molecule has 1 aromatic heterocycles. The molecule has 1 fully saturated rings. The van der Waals surface area contributed by atoms with E-state index in [9.17, 15) is 9.59 Å². The first-order valence-electron chi connectivity index (χ1n) is 9.99. The molecule has 3 heterocycles. The number of nitrogens with zero attached hydrogens (tertiary/aromatic N) is 2. The molecule has 0 radical (unpaired) electrons. The van der Waals surface area contributed by atoms with E-state index in [1.165, 1.54) is 23.6 Å². The molecule has 0 unspecified atom stereocenters. The standard InChI is InChI=1S/C24H22N2O3S/c1-16-5-8-18(9-6-16)15-25-20-10-7-17(2)14-19(20)24(23(25)28)26(11-13-30-24)22(27)21-4-3-12-29-21/h3-10,12,14H,11,13,15H2,1-2H3/t24-/m1/s1. The van der Waals surface area contributed by atoms with Crippen molar-refractivity contribution >= 4 is 29.3 Å². The summed E-state index contributed by atoms with van der Waals surface area (Å²) in [6.45, 7) is 5.03. The zero-order valence-corrected chi connectivity index (χ0v) is 17.7. The summed E-state index contributed by atoms with van der Waals surface area (Å²) in [7, 11) is 0. The average Bonchev–Trinajstić information content (AvgIpc) is 3.47. The van der Waals surface area contributed by atoms with E-state index in [1.54, 1.807) is 17.0 Å². The Morgan fingerprint density at radius 1 is 1.10 bits per heavy atom. The van der Waals surface area contributed by atoms with E-state index in [1.807, 2.05) is 36.9 Å². The number of rotatable bonds is 3. The number of carbonyl (C=O) groups excluding carboxylic acids is 2. The number of hydrogen-bond acceptors (Lipinski definition) is 4. The number of aryl methyl sites for hydroxylation is 2. The molecule has 30 heavy (non-hydrogen) atoms. The maximum atomic E-state index is 13.9. The van der Waals surface area contributed by atoms with Crippen LogP contribution < -0.4 is 4.90 Å². The highest BCUT2D eigenvalue weighted by Gasteiger charge is 2.59. The minimum atomic E-state index is -1.05. The Hall–Kier alpha value is -2.99. The van der Waals surface area contributed by atoms with Crippen LogP contribution in [0.5, 0.6) is 0 Å². The third-order valence-electron chi connectivity index (χ3n) is 5.79. The second kappa shape index (κ2) is 7.06. The lowest BCUT2D eigenvalue weighted by Crippen LogP contribution is -2.50. The third kappa shape index (κ3) is 2.78. The molecule has 1 atom stereocenters. The zero-order chi connectivity index (χ0) is 20.9. The van der Waals surface area contributed by atoms with Gasteiger partial charge in [0.15, 0.2) is 10.6 Å². The van der Waals surface area contributed by atoms with E-state index in [-0.39, 0.29) is 17.6 Å². The Kier molecular flexibility index (Phi) is 4.47. The van der Waals surface area contributed by atoms with E-state index >= 15 is 0 Å². The van der Waals surface area contributed by atoms with Crippen LogP contribution in [0, 0.1) is 13.8 Å². The lowest BCUT2D eigenvalue weighted by Gasteiger charge is -2.32. The van der Waals surface area contributed by atoms with Gasteiger partial charge in [-0.2, -0.15) is 0 Å². The van der Waals surface area contributed by atoms with Crippen LogP contribution in [0.25, 0.3) is 0 Å². The van der Waals surface area contributed by atoms with Crippen LogP contribution in [-0.2, 0) is 16.2 Å². The first-order valence-corrected chi connectivity index (χ1v) is 11.0. The molecule has 2 aliphatic rings. The maximum absolute atomic E-state index is 13.9. The van der Waals surface area contributed by atoms with Gasteiger partial charge in [-0.1, -0.05) is 47.5 Å². The maximum Gasteiger partial charge on any atom is 0.291 e. The Morgan fingerprint density at radius 2 is 1.87 bits per heavy atom. The summed E-state index contributed by atoms with van der Waals surface area (Å²) in [6, 6.07) is 17.6. The van der Waals surface area contributed by atoms with Gasteiger partial charge >= 0.3 is 0 Å². The monoisotopic (exact) mass is 418 g/mol. The fourth-order valence-corrected chi connectivity index (χ4v) is 5.75. The highest BCUT2D eigenvalue weighted by Crippen LogP contribution is 2.55. The molecule has 5 rings (SSSR count). The number of benzene rings is 2. The van der Waals surface area contributed by atoms with E-state index in [2.05, 4.69) is 24.3 Å². The van der Waals surface area contributed by atoms with E-state index in [0.717, 1.165) is 22.4 Å². The van der Waals surface area contributed by atoms with Gasteiger partial charge in [-0.25, -0.2) is 0 Å². The van der Waals surface area contributed by atoms with Crippen LogP contribution in [0.1, 0.15) is 32.8 Å². The smallest absolute Gasteiger partial charge is 0.291 e. The molecule has 2 aromatic carbocycles. The van der Waals surface area contributed by atoms with Gasteiger partial charge in [-0.3, -0.25) is 9.59 Å². The predicted octanol–water partition coefficient (Wildman–Crippen LogP) is 4.49. The zero-order valence-electron chi connectivity index (χ0n) is 16.9. The molecular formula is C24H22N2O3S. The Bertz CT molecular complexity index is 1120. The van der Waals surface area contributed by atoms with Crippen LogP contribution >= 0.6 is 11.8 Å². The summed E-state index contributed by atoms with van der Waals surface area (Å²) >= 11 is 1.53. The number of carbonyl (C=O) groups is 2. The summed E-state index contributed by atoms with van der Waals surface area (Å²) in [4.78, 5) is 29.7. The number of amides is 2. The number of anilines is 1. The number of furan rings is 1. The Morgan fingerprint density at radius 3 is 2.60 bits per heavy atom. The quantitative estimate of drug-likeness (QED) is 0.629. The van der Waals surface area contributed by atoms with Gasteiger partial charge < -0.3 is 14.2 Å². The summed E-state index contributed by atoms with van der Waals surface area (Å²) in [5, 5.41) is 0. The third-order valence-corrected chi connectivity index (χ3v) is 7.21. The van der Waals surface area contributed by atoms with Crippen LogP contribution in [0.15, 0.2) is 65.3 Å². The molecule has 3 aromatic rings. The van der Waals surface area contributed by atoms with Crippen LogP contribution in [-0.4, -0.2) is 29.0 Å². The molecule has 6 heteroatoms. The van der Waals surface area contributed by atoms with Gasteiger partial charge in [0, 0.05) is 17.9 Å². The summed E-state index contributed by atoms with van der Waals surface area (Å²) < 4.78 is 5.37. The average molecular weight is 419 g/mol. The number of hydrogen-bond donors (Lipinski definition) is 0.